The number of carbonyl (C=O) groups excluding carboxylic acids is 1. The second-order valence-corrected chi connectivity index (χ2v) is 9.36. The van der Waals surface area contributed by atoms with Crippen molar-refractivity contribution in [3.63, 3.8) is 0 Å². The van der Waals surface area contributed by atoms with Crippen molar-refractivity contribution < 1.29 is 19.0 Å². The van der Waals surface area contributed by atoms with Gasteiger partial charge < -0.3 is 14.2 Å². The largest absolute Gasteiger partial charge is 0.490 e. The molecular weight excluding hydrogens is 535 g/mol. The molecule has 0 aliphatic carbocycles. The quantitative estimate of drug-likeness (QED) is 0.146. The lowest BCUT2D eigenvalue weighted by molar-refractivity contribution is -0.120. The van der Waals surface area contributed by atoms with Crippen LogP contribution in [-0.2, 0) is 24.4 Å². The fraction of sp³-hybridized carbons (Fsp3) is 0.161. The predicted molar refractivity (Wildman–Crippen MR) is 155 cm³/mol. The summed E-state index contributed by atoms with van der Waals surface area (Å²) in [6.07, 6.45) is 1.71. The van der Waals surface area contributed by atoms with Crippen LogP contribution < -0.4 is 19.6 Å². The van der Waals surface area contributed by atoms with Crippen LogP contribution in [0.5, 0.6) is 17.2 Å². The van der Waals surface area contributed by atoms with Crippen LogP contribution in [0.4, 0.5) is 0 Å². The molecule has 0 aliphatic rings. The molecule has 0 aromatic heterocycles. The Labute approximate surface area is 238 Å². The lowest BCUT2D eigenvalue weighted by atomic mass is 10.1. The summed E-state index contributed by atoms with van der Waals surface area (Å²) in [5.41, 5.74) is 5.97. The van der Waals surface area contributed by atoms with E-state index >= 15 is 0 Å². The number of halogens is 2. The predicted octanol–water partition coefficient (Wildman–Crippen LogP) is 7.24. The number of hydrogen-bond donors (Lipinski definition) is 1. The zero-order chi connectivity index (χ0) is 27.5. The van der Waals surface area contributed by atoms with Gasteiger partial charge in [0.05, 0.1) is 29.3 Å². The van der Waals surface area contributed by atoms with Gasteiger partial charge in [0, 0.05) is 0 Å². The van der Waals surface area contributed by atoms with Crippen molar-refractivity contribution in [3.05, 3.63) is 123 Å². The van der Waals surface area contributed by atoms with E-state index in [1.807, 2.05) is 85.8 Å². The lowest BCUT2D eigenvalue weighted by Gasteiger charge is -2.15. The van der Waals surface area contributed by atoms with Crippen LogP contribution in [0.25, 0.3) is 0 Å². The van der Waals surface area contributed by atoms with Crippen molar-refractivity contribution in [2.45, 2.75) is 26.6 Å². The maximum Gasteiger partial charge on any atom is 0.244 e. The van der Waals surface area contributed by atoms with Gasteiger partial charge in [-0.25, -0.2) is 5.43 Å². The van der Waals surface area contributed by atoms with E-state index in [9.17, 15) is 4.79 Å². The summed E-state index contributed by atoms with van der Waals surface area (Å²) < 4.78 is 17.7. The minimum atomic E-state index is -0.225. The first kappa shape index (κ1) is 28.0. The summed E-state index contributed by atoms with van der Waals surface area (Å²) in [6.45, 7) is 3.08. The number of amides is 1. The fourth-order valence-corrected chi connectivity index (χ4v) is 4.33. The molecular formula is C31H28Cl2N2O4. The summed E-state index contributed by atoms with van der Waals surface area (Å²) in [4.78, 5) is 12.1. The summed E-state index contributed by atoms with van der Waals surface area (Å²) in [6, 6.07) is 28.4. The molecule has 39 heavy (non-hydrogen) atoms. The van der Waals surface area contributed by atoms with E-state index < -0.39 is 0 Å². The minimum Gasteiger partial charge on any atom is -0.490 e. The number of nitrogens with one attached hydrogen (secondary N) is 1. The highest BCUT2D eigenvalue weighted by Crippen LogP contribution is 2.35. The van der Waals surface area contributed by atoms with E-state index in [4.69, 9.17) is 37.4 Å². The Hall–Kier alpha value is -4.00. The maximum atomic E-state index is 12.1. The van der Waals surface area contributed by atoms with Crippen LogP contribution in [0.1, 0.15) is 29.2 Å². The maximum absolute atomic E-state index is 12.1. The van der Waals surface area contributed by atoms with Crippen LogP contribution in [0, 0.1) is 0 Å². The number of carbonyl (C=O) groups is 1. The van der Waals surface area contributed by atoms with E-state index in [2.05, 4.69) is 10.5 Å². The van der Waals surface area contributed by atoms with Gasteiger partial charge in [-0.2, -0.15) is 5.10 Å². The standard InChI is InChI=1S/C31H28Cl2N2O4/c1-2-37-29-17-24(13-14-28(29)38-20-23-11-7-4-8-12-23)21-39-31-26(32)15-25(16-27(31)33)19-34-35-30(36)18-22-9-5-3-6-10-22/h3-17,19H,2,18,20-21H2,1H3,(H,35,36)/b34-19+. The Morgan fingerprint density at radius 1 is 0.769 bits per heavy atom. The second-order valence-electron chi connectivity index (χ2n) is 8.55. The molecule has 0 bridgehead atoms. The molecule has 0 radical (unpaired) electrons. The molecule has 1 amide bonds. The Morgan fingerprint density at radius 3 is 2.08 bits per heavy atom. The molecule has 0 aliphatic heterocycles. The number of nitrogens with zero attached hydrogens (tertiary/aromatic N) is 1. The van der Waals surface area contributed by atoms with Crippen molar-refractivity contribution in [3.8, 4) is 17.2 Å². The van der Waals surface area contributed by atoms with Crippen molar-refractivity contribution in [1.29, 1.82) is 0 Å². The minimum absolute atomic E-state index is 0.224. The van der Waals surface area contributed by atoms with Crippen LogP contribution in [0.15, 0.2) is 96.1 Å². The van der Waals surface area contributed by atoms with Crippen LogP contribution in [0.2, 0.25) is 10.0 Å². The zero-order valence-electron chi connectivity index (χ0n) is 21.4. The van der Waals surface area contributed by atoms with Gasteiger partial charge in [0.2, 0.25) is 5.91 Å². The van der Waals surface area contributed by atoms with Crippen LogP contribution in [-0.4, -0.2) is 18.7 Å². The average Bonchev–Trinajstić information content (AvgIpc) is 2.93. The topological polar surface area (TPSA) is 69.2 Å². The number of hydrazone groups is 1. The Kier molecular flexibility index (Phi) is 10.2. The van der Waals surface area contributed by atoms with E-state index in [0.717, 1.165) is 16.7 Å². The lowest BCUT2D eigenvalue weighted by Crippen LogP contribution is -2.19. The Balaban J connectivity index is 1.35. The van der Waals surface area contributed by atoms with Crippen molar-refractivity contribution in [2.24, 2.45) is 5.10 Å². The van der Waals surface area contributed by atoms with Crippen molar-refractivity contribution in [2.75, 3.05) is 6.61 Å². The highest BCUT2D eigenvalue weighted by Gasteiger charge is 2.12. The molecule has 0 unspecified atom stereocenters. The third-order valence-corrected chi connectivity index (χ3v) is 6.12. The molecule has 4 rings (SSSR count). The third-order valence-electron chi connectivity index (χ3n) is 5.56. The molecule has 0 fully saturated rings. The average molecular weight is 563 g/mol. The van der Waals surface area contributed by atoms with Gasteiger partial charge in [-0.3, -0.25) is 4.79 Å². The molecule has 200 valence electrons. The number of ether oxygens (including phenoxy) is 3. The first-order valence-corrected chi connectivity index (χ1v) is 13.2. The van der Waals surface area contributed by atoms with Gasteiger partial charge >= 0.3 is 0 Å². The van der Waals surface area contributed by atoms with E-state index in [1.54, 1.807) is 12.1 Å². The third kappa shape index (κ3) is 8.50. The fourth-order valence-electron chi connectivity index (χ4n) is 3.71. The van der Waals surface area contributed by atoms with Crippen molar-refractivity contribution in [1.82, 2.24) is 5.43 Å². The summed E-state index contributed by atoms with van der Waals surface area (Å²) in [5.74, 6) is 1.41. The monoisotopic (exact) mass is 562 g/mol. The summed E-state index contributed by atoms with van der Waals surface area (Å²) in [7, 11) is 0. The van der Waals surface area contributed by atoms with Crippen LogP contribution in [0.3, 0.4) is 0 Å². The second kappa shape index (κ2) is 14.2. The summed E-state index contributed by atoms with van der Waals surface area (Å²) >= 11 is 12.9. The molecule has 4 aromatic rings. The molecule has 0 spiro atoms. The molecule has 8 heteroatoms. The van der Waals surface area contributed by atoms with E-state index in [-0.39, 0.29) is 18.9 Å². The van der Waals surface area contributed by atoms with Gasteiger partial charge in [-0.1, -0.05) is 89.9 Å². The first-order valence-electron chi connectivity index (χ1n) is 12.4. The molecule has 0 saturated carbocycles. The van der Waals surface area contributed by atoms with Gasteiger partial charge in [-0.15, -0.1) is 0 Å². The Morgan fingerprint density at radius 2 is 1.41 bits per heavy atom. The van der Waals surface area contributed by atoms with E-state index in [0.29, 0.717) is 46.1 Å². The van der Waals surface area contributed by atoms with Crippen LogP contribution >= 0.6 is 23.2 Å². The smallest absolute Gasteiger partial charge is 0.244 e. The molecule has 6 nitrogen and oxygen atoms in total. The van der Waals surface area contributed by atoms with Crippen molar-refractivity contribution >= 4 is 35.3 Å². The summed E-state index contributed by atoms with van der Waals surface area (Å²) in [5, 5.41) is 4.66. The van der Waals surface area contributed by atoms with Gasteiger partial charge in [0.15, 0.2) is 17.2 Å². The first-order chi connectivity index (χ1) is 19.0. The van der Waals surface area contributed by atoms with Gasteiger partial charge in [0.25, 0.3) is 0 Å². The molecule has 1 N–H and O–H groups in total. The molecule has 4 aromatic carbocycles. The molecule has 0 saturated heterocycles. The van der Waals surface area contributed by atoms with Gasteiger partial charge in [-0.05, 0) is 53.4 Å². The number of hydrogen-bond acceptors (Lipinski definition) is 5. The van der Waals surface area contributed by atoms with E-state index in [1.165, 1.54) is 6.21 Å². The Bertz CT molecular complexity index is 1390. The molecule has 0 heterocycles. The molecule has 0 atom stereocenters. The number of benzene rings is 4. The number of rotatable bonds is 12. The van der Waals surface area contributed by atoms with Gasteiger partial charge in [0.1, 0.15) is 13.2 Å². The normalized spacial score (nSPS) is 10.8. The highest BCUT2D eigenvalue weighted by atomic mass is 35.5. The SMILES string of the molecule is CCOc1cc(COc2c(Cl)cc(/C=N/NC(=O)Cc3ccccc3)cc2Cl)ccc1OCc1ccccc1. The highest BCUT2D eigenvalue weighted by molar-refractivity contribution is 6.37. The zero-order valence-corrected chi connectivity index (χ0v) is 22.9.